The van der Waals surface area contributed by atoms with E-state index in [0.29, 0.717) is 6.54 Å². The first-order chi connectivity index (χ1) is 7.69. The van der Waals surface area contributed by atoms with Crippen LogP contribution in [0.25, 0.3) is 0 Å². The third-order valence-corrected chi connectivity index (χ3v) is 3.14. The average Bonchev–Trinajstić information content (AvgIpc) is 2.81. The molecule has 2 N–H and O–H groups in total. The van der Waals surface area contributed by atoms with Crippen molar-refractivity contribution in [1.29, 1.82) is 0 Å². The lowest BCUT2D eigenvalue weighted by atomic mass is 10.2. The fourth-order valence-corrected chi connectivity index (χ4v) is 2.19. The van der Waals surface area contributed by atoms with Gasteiger partial charge in [0, 0.05) is 20.8 Å². The molecule has 5 heteroatoms. The Labute approximate surface area is 100 Å². The molecule has 4 nitrogen and oxygen atoms in total. The molecule has 0 saturated heterocycles. The first kappa shape index (κ1) is 13.6. The maximum absolute atomic E-state index is 9.85. The van der Waals surface area contributed by atoms with E-state index in [0.717, 1.165) is 5.56 Å². The number of thiophene rings is 1. The van der Waals surface area contributed by atoms with Crippen molar-refractivity contribution in [2.24, 2.45) is 0 Å². The highest BCUT2D eigenvalue weighted by atomic mass is 32.1. The Bertz CT molecular complexity index is 275. The van der Waals surface area contributed by atoms with Crippen molar-refractivity contribution in [3.8, 4) is 0 Å². The van der Waals surface area contributed by atoms with Crippen LogP contribution in [0.1, 0.15) is 18.6 Å². The Hall–Kier alpha value is -0.460. The van der Waals surface area contributed by atoms with Crippen LogP contribution >= 0.6 is 11.3 Å². The van der Waals surface area contributed by atoms with E-state index in [1.807, 2.05) is 23.8 Å². The molecule has 0 aliphatic carbocycles. The third-order valence-electron chi connectivity index (χ3n) is 2.43. The van der Waals surface area contributed by atoms with Crippen LogP contribution in [-0.4, -0.2) is 38.2 Å². The van der Waals surface area contributed by atoms with E-state index in [2.05, 4.69) is 5.32 Å². The van der Waals surface area contributed by atoms with Crippen molar-refractivity contribution in [3.05, 3.63) is 22.4 Å². The minimum absolute atomic E-state index is 0.0308. The topological polar surface area (TPSA) is 50.7 Å². The number of hydrogen-bond donors (Lipinski definition) is 2. The summed E-state index contributed by atoms with van der Waals surface area (Å²) < 4.78 is 10.2. The maximum Gasteiger partial charge on any atom is 0.171 e. The van der Waals surface area contributed by atoms with Crippen LogP contribution in [0.3, 0.4) is 0 Å². The van der Waals surface area contributed by atoms with Gasteiger partial charge in [0.05, 0.1) is 12.1 Å². The number of methoxy groups -OCH3 is 2. The zero-order valence-electron chi connectivity index (χ0n) is 9.84. The molecule has 0 radical (unpaired) electrons. The minimum Gasteiger partial charge on any atom is -0.387 e. The zero-order valence-corrected chi connectivity index (χ0v) is 10.7. The van der Waals surface area contributed by atoms with E-state index in [4.69, 9.17) is 9.47 Å². The van der Waals surface area contributed by atoms with Crippen molar-refractivity contribution >= 4 is 11.3 Å². The van der Waals surface area contributed by atoms with Gasteiger partial charge in [-0.1, -0.05) is 0 Å². The first-order valence-electron chi connectivity index (χ1n) is 5.18. The molecule has 1 rings (SSSR count). The van der Waals surface area contributed by atoms with E-state index in [1.54, 1.807) is 25.6 Å². The molecule has 0 bridgehead atoms. The standard InChI is InChI=1S/C11H19NO3S/c1-8(11(14-2)15-3)12-6-10(13)9-4-5-16-7-9/h4-5,7-8,10-13H,6H2,1-3H3. The summed E-state index contributed by atoms with van der Waals surface area (Å²) >= 11 is 1.58. The van der Waals surface area contributed by atoms with Crippen molar-refractivity contribution in [2.75, 3.05) is 20.8 Å². The molecule has 0 saturated carbocycles. The van der Waals surface area contributed by atoms with Crippen LogP contribution < -0.4 is 5.32 Å². The summed E-state index contributed by atoms with van der Waals surface area (Å²) in [5, 5.41) is 16.9. The fourth-order valence-electron chi connectivity index (χ4n) is 1.48. The zero-order chi connectivity index (χ0) is 12.0. The quantitative estimate of drug-likeness (QED) is 0.713. The lowest BCUT2D eigenvalue weighted by Crippen LogP contribution is -2.41. The van der Waals surface area contributed by atoms with Gasteiger partial charge in [-0.25, -0.2) is 0 Å². The molecule has 0 aliphatic heterocycles. The van der Waals surface area contributed by atoms with Gasteiger partial charge in [-0.05, 0) is 29.3 Å². The van der Waals surface area contributed by atoms with Gasteiger partial charge in [-0.3, -0.25) is 0 Å². The predicted molar refractivity (Wildman–Crippen MR) is 64.5 cm³/mol. The number of aliphatic hydroxyl groups is 1. The van der Waals surface area contributed by atoms with Gasteiger partial charge in [0.25, 0.3) is 0 Å². The Morgan fingerprint density at radius 2 is 2.12 bits per heavy atom. The number of hydrogen-bond acceptors (Lipinski definition) is 5. The predicted octanol–water partition coefficient (Wildman–Crippen LogP) is 1.38. The lowest BCUT2D eigenvalue weighted by molar-refractivity contribution is -0.120. The molecular formula is C11H19NO3S. The number of nitrogens with one attached hydrogen (secondary N) is 1. The summed E-state index contributed by atoms with van der Waals surface area (Å²) in [6.07, 6.45) is -0.780. The van der Waals surface area contributed by atoms with Crippen LogP contribution in [-0.2, 0) is 9.47 Å². The van der Waals surface area contributed by atoms with Crippen molar-refractivity contribution < 1.29 is 14.6 Å². The molecule has 2 unspecified atom stereocenters. The van der Waals surface area contributed by atoms with Crippen LogP contribution in [0.5, 0.6) is 0 Å². The summed E-state index contributed by atoms with van der Waals surface area (Å²) in [4.78, 5) is 0. The molecule has 0 fully saturated rings. The van der Waals surface area contributed by atoms with Gasteiger partial charge >= 0.3 is 0 Å². The van der Waals surface area contributed by atoms with Gasteiger partial charge in [-0.15, -0.1) is 0 Å². The Balaban J connectivity index is 2.34. The van der Waals surface area contributed by atoms with Crippen LogP contribution in [0, 0.1) is 0 Å². The molecule has 2 atom stereocenters. The second kappa shape index (κ2) is 6.98. The monoisotopic (exact) mass is 245 g/mol. The number of ether oxygens (including phenoxy) is 2. The van der Waals surface area contributed by atoms with E-state index in [-0.39, 0.29) is 12.3 Å². The van der Waals surface area contributed by atoms with Crippen molar-refractivity contribution in [2.45, 2.75) is 25.4 Å². The smallest absolute Gasteiger partial charge is 0.171 e. The largest absolute Gasteiger partial charge is 0.387 e. The number of aliphatic hydroxyl groups excluding tert-OH is 1. The SMILES string of the molecule is COC(OC)C(C)NCC(O)c1ccsc1. The molecule has 92 valence electrons. The highest BCUT2D eigenvalue weighted by molar-refractivity contribution is 7.07. The van der Waals surface area contributed by atoms with Gasteiger partial charge in [-0.2, -0.15) is 11.3 Å². The summed E-state index contributed by atoms with van der Waals surface area (Å²) in [6, 6.07) is 1.95. The Morgan fingerprint density at radius 1 is 1.44 bits per heavy atom. The molecule has 1 heterocycles. The van der Waals surface area contributed by atoms with E-state index < -0.39 is 6.10 Å². The summed E-state index contributed by atoms with van der Waals surface area (Å²) in [5.41, 5.74) is 0.941. The summed E-state index contributed by atoms with van der Waals surface area (Å²) in [6.45, 7) is 2.44. The highest BCUT2D eigenvalue weighted by Crippen LogP contribution is 2.15. The van der Waals surface area contributed by atoms with Gasteiger partial charge in [0.15, 0.2) is 6.29 Å². The van der Waals surface area contributed by atoms with Crippen molar-refractivity contribution in [3.63, 3.8) is 0 Å². The summed E-state index contributed by atoms with van der Waals surface area (Å²) in [7, 11) is 3.20. The number of rotatable bonds is 7. The van der Waals surface area contributed by atoms with Gasteiger partial charge < -0.3 is 19.9 Å². The molecule has 16 heavy (non-hydrogen) atoms. The Kier molecular flexibility index (Phi) is 5.94. The van der Waals surface area contributed by atoms with Crippen LogP contribution in [0.15, 0.2) is 16.8 Å². The second-order valence-electron chi connectivity index (χ2n) is 3.61. The lowest BCUT2D eigenvalue weighted by Gasteiger charge is -2.23. The maximum atomic E-state index is 9.85. The molecule has 1 aromatic heterocycles. The minimum atomic E-state index is -0.483. The molecule has 0 spiro atoms. The van der Waals surface area contributed by atoms with E-state index in [1.165, 1.54) is 0 Å². The molecular weight excluding hydrogens is 226 g/mol. The van der Waals surface area contributed by atoms with E-state index >= 15 is 0 Å². The molecule has 1 aromatic rings. The Morgan fingerprint density at radius 3 is 2.62 bits per heavy atom. The van der Waals surface area contributed by atoms with Gasteiger partial charge in [0.1, 0.15) is 0 Å². The van der Waals surface area contributed by atoms with Gasteiger partial charge in [0.2, 0.25) is 0 Å². The fraction of sp³-hybridized carbons (Fsp3) is 0.636. The average molecular weight is 245 g/mol. The van der Waals surface area contributed by atoms with Crippen LogP contribution in [0.2, 0.25) is 0 Å². The summed E-state index contributed by atoms with van der Waals surface area (Å²) in [5.74, 6) is 0. The third kappa shape index (κ3) is 3.84. The normalized spacial score (nSPS) is 15.3. The molecule has 0 amide bonds. The highest BCUT2D eigenvalue weighted by Gasteiger charge is 2.17. The van der Waals surface area contributed by atoms with Crippen LogP contribution in [0.4, 0.5) is 0 Å². The molecule has 0 aliphatic rings. The second-order valence-corrected chi connectivity index (χ2v) is 4.39. The first-order valence-corrected chi connectivity index (χ1v) is 6.12. The molecule has 0 aromatic carbocycles. The van der Waals surface area contributed by atoms with Crippen molar-refractivity contribution in [1.82, 2.24) is 5.32 Å². The van der Waals surface area contributed by atoms with E-state index in [9.17, 15) is 5.11 Å².